The number of amides is 2. The number of nitro groups is 1. The zero-order chi connectivity index (χ0) is 24.9. The van der Waals surface area contributed by atoms with Gasteiger partial charge in [0.2, 0.25) is 5.88 Å². The van der Waals surface area contributed by atoms with Crippen molar-refractivity contribution in [2.24, 2.45) is 10.2 Å². The summed E-state index contributed by atoms with van der Waals surface area (Å²) < 4.78 is 0.737. The lowest BCUT2D eigenvalue weighted by molar-refractivity contribution is -0.384. The summed E-state index contributed by atoms with van der Waals surface area (Å²) >= 11 is 3.35. The molecule has 3 aromatic carbocycles. The number of aromatic nitrogens is 1. The highest BCUT2D eigenvalue weighted by Gasteiger charge is 2.17. The van der Waals surface area contributed by atoms with E-state index in [4.69, 9.17) is 0 Å². The van der Waals surface area contributed by atoms with Gasteiger partial charge in [0.25, 0.3) is 11.6 Å². The van der Waals surface area contributed by atoms with Gasteiger partial charge in [0, 0.05) is 27.6 Å². The molecule has 0 aliphatic carbocycles. The maximum Gasteiger partial charge on any atom is 0.311 e. The number of hydrogen-bond donors (Lipinski definition) is 3. The predicted octanol–water partition coefficient (Wildman–Crippen LogP) is 5.63. The Morgan fingerprint density at radius 1 is 1.06 bits per heavy atom. The van der Waals surface area contributed by atoms with Crippen LogP contribution in [0.5, 0.6) is 5.88 Å². The minimum atomic E-state index is -0.892. The summed E-state index contributed by atoms with van der Waals surface area (Å²) in [5, 5.41) is 31.8. The molecule has 2 amide bonds. The van der Waals surface area contributed by atoms with Crippen molar-refractivity contribution in [2.75, 3.05) is 0 Å². The smallest absolute Gasteiger partial charge is 0.311 e. The molecule has 0 aliphatic rings. The quantitative estimate of drug-likeness (QED) is 0.127. The number of benzene rings is 3. The van der Waals surface area contributed by atoms with Crippen LogP contribution in [0.4, 0.5) is 11.4 Å². The standard InChI is InChI=1S/C24H16BrN5O5/c25-16-8-11-19-18(13-16)21(24(33)26-19)28-29-23(32)20(27-22(31)15-4-2-1-3-5-15)12-14-6-9-17(10-7-14)30(34)35/h1-13,26,33H,(H,27,31). The van der Waals surface area contributed by atoms with Gasteiger partial charge in [-0.1, -0.05) is 34.1 Å². The molecular weight excluding hydrogens is 518 g/mol. The number of rotatable bonds is 6. The molecule has 0 aliphatic heterocycles. The Labute approximate surface area is 206 Å². The molecular formula is C24H16BrN5O5. The number of carbonyl (C=O) groups excluding carboxylic acids is 2. The number of aromatic amines is 1. The Bertz CT molecular complexity index is 1490. The van der Waals surface area contributed by atoms with Crippen molar-refractivity contribution in [1.82, 2.24) is 10.3 Å². The lowest BCUT2D eigenvalue weighted by atomic mass is 10.1. The maximum absolute atomic E-state index is 12.9. The van der Waals surface area contributed by atoms with E-state index in [1.54, 1.807) is 48.5 Å². The Balaban J connectivity index is 1.68. The summed E-state index contributed by atoms with van der Waals surface area (Å²) in [7, 11) is 0. The van der Waals surface area contributed by atoms with Crippen LogP contribution in [0, 0.1) is 10.1 Å². The third kappa shape index (κ3) is 5.47. The molecule has 35 heavy (non-hydrogen) atoms. The molecule has 0 spiro atoms. The number of carbonyl (C=O) groups is 2. The second-order valence-electron chi connectivity index (χ2n) is 7.24. The first kappa shape index (κ1) is 23.5. The summed E-state index contributed by atoms with van der Waals surface area (Å²) in [4.78, 5) is 38.7. The number of aromatic hydroxyl groups is 1. The van der Waals surface area contributed by atoms with Gasteiger partial charge in [-0.15, -0.1) is 10.2 Å². The summed E-state index contributed by atoms with van der Waals surface area (Å²) in [5.74, 6) is -1.72. The van der Waals surface area contributed by atoms with Gasteiger partial charge >= 0.3 is 5.91 Å². The summed E-state index contributed by atoms with van der Waals surface area (Å²) in [6, 6.07) is 18.9. The highest BCUT2D eigenvalue weighted by Crippen LogP contribution is 2.36. The maximum atomic E-state index is 12.9. The van der Waals surface area contributed by atoms with E-state index in [2.05, 4.69) is 36.5 Å². The molecule has 0 unspecified atom stereocenters. The van der Waals surface area contributed by atoms with Crippen LogP contribution in [0.1, 0.15) is 15.9 Å². The van der Waals surface area contributed by atoms with Crippen LogP contribution in [-0.2, 0) is 4.79 Å². The number of nitrogens with one attached hydrogen (secondary N) is 2. The molecule has 3 N–H and O–H groups in total. The number of H-pyrrole nitrogens is 1. The Hall–Kier alpha value is -4.64. The lowest BCUT2D eigenvalue weighted by Gasteiger charge is -2.07. The van der Waals surface area contributed by atoms with Gasteiger partial charge in [0.05, 0.1) is 10.4 Å². The zero-order valence-electron chi connectivity index (χ0n) is 17.8. The molecule has 1 heterocycles. The van der Waals surface area contributed by atoms with Crippen molar-refractivity contribution in [1.29, 1.82) is 0 Å². The first-order chi connectivity index (χ1) is 16.8. The molecule has 0 saturated carbocycles. The second kappa shape index (κ2) is 10.1. The molecule has 0 radical (unpaired) electrons. The average molecular weight is 534 g/mol. The second-order valence-corrected chi connectivity index (χ2v) is 8.16. The Morgan fingerprint density at radius 3 is 2.46 bits per heavy atom. The predicted molar refractivity (Wildman–Crippen MR) is 132 cm³/mol. The highest BCUT2D eigenvalue weighted by molar-refractivity contribution is 9.10. The number of non-ortho nitro benzene ring substituents is 1. The van der Waals surface area contributed by atoms with Gasteiger partial charge in [0.1, 0.15) is 5.70 Å². The summed E-state index contributed by atoms with van der Waals surface area (Å²) in [5.41, 5.74) is 1.04. The van der Waals surface area contributed by atoms with E-state index in [0.29, 0.717) is 22.0 Å². The summed E-state index contributed by atoms with van der Waals surface area (Å²) in [6.45, 7) is 0. The van der Waals surface area contributed by atoms with Crippen molar-refractivity contribution in [3.63, 3.8) is 0 Å². The molecule has 0 bridgehead atoms. The number of nitrogens with zero attached hydrogens (tertiary/aromatic N) is 3. The van der Waals surface area contributed by atoms with Crippen LogP contribution in [-0.4, -0.2) is 26.8 Å². The van der Waals surface area contributed by atoms with Gasteiger partial charge in [-0.25, -0.2) is 0 Å². The van der Waals surface area contributed by atoms with Gasteiger partial charge in [-0.05, 0) is 54.1 Å². The van der Waals surface area contributed by atoms with Gasteiger partial charge in [-0.3, -0.25) is 19.7 Å². The number of azo groups is 1. The van der Waals surface area contributed by atoms with Crippen molar-refractivity contribution in [3.8, 4) is 5.88 Å². The SMILES string of the molecule is O=C(N=Nc1c(O)[nH]c2ccc(Br)cc12)C(=Cc1ccc([N+](=O)[O-])cc1)NC(=O)c1ccccc1. The lowest BCUT2D eigenvalue weighted by Crippen LogP contribution is -2.26. The third-order valence-corrected chi connectivity index (χ3v) is 5.38. The number of nitro benzene ring substituents is 1. The molecule has 0 atom stereocenters. The first-order valence-corrected chi connectivity index (χ1v) is 10.9. The van der Waals surface area contributed by atoms with Crippen LogP contribution in [0.25, 0.3) is 17.0 Å². The molecule has 174 valence electrons. The summed E-state index contributed by atoms with van der Waals surface area (Å²) in [6.07, 6.45) is 1.33. The minimum Gasteiger partial charge on any atom is -0.493 e. The molecule has 11 heteroatoms. The topological polar surface area (TPSA) is 150 Å². The number of fused-ring (bicyclic) bond motifs is 1. The van der Waals surface area contributed by atoms with E-state index in [9.17, 15) is 24.8 Å². The molecule has 4 rings (SSSR count). The van der Waals surface area contributed by atoms with Gasteiger partial charge in [-0.2, -0.15) is 0 Å². The molecule has 4 aromatic rings. The molecule has 10 nitrogen and oxygen atoms in total. The fraction of sp³-hybridized carbons (Fsp3) is 0. The average Bonchev–Trinajstić information content (AvgIpc) is 3.16. The number of halogens is 1. The normalized spacial score (nSPS) is 11.6. The molecule has 0 saturated heterocycles. The molecule has 1 aromatic heterocycles. The van der Waals surface area contributed by atoms with Crippen LogP contribution >= 0.6 is 15.9 Å². The monoisotopic (exact) mass is 533 g/mol. The highest BCUT2D eigenvalue weighted by atomic mass is 79.9. The van der Waals surface area contributed by atoms with Crippen LogP contribution in [0.15, 0.2) is 93.2 Å². The van der Waals surface area contributed by atoms with E-state index < -0.39 is 16.7 Å². The minimum absolute atomic E-state index is 0.0544. The van der Waals surface area contributed by atoms with E-state index in [0.717, 1.165) is 4.47 Å². The van der Waals surface area contributed by atoms with E-state index in [1.165, 1.54) is 30.3 Å². The molecule has 0 fully saturated rings. The van der Waals surface area contributed by atoms with Gasteiger partial charge < -0.3 is 15.4 Å². The van der Waals surface area contributed by atoms with Crippen LogP contribution < -0.4 is 5.32 Å². The first-order valence-electron chi connectivity index (χ1n) is 10.1. The van der Waals surface area contributed by atoms with Crippen molar-refractivity contribution < 1.29 is 19.6 Å². The Kier molecular flexibility index (Phi) is 6.78. The van der Waals surface area contributed by atoms with E-state index in [-0.39, 0.29) is 23.0 Å². The van der Waals surface area contributed by atoms with E-state index >= 15 is 0 Å². The van der Waals surface area contributed by atoms with Crippen molar-refractivity contribution in [3.05, 3.63) is 104 Å². The van der Waals surface area contributed by atoms with Crippen molar-refractivity contribution >= 4 is 56.1 Å². The fourth-order valence-corrected chi connectivity index (χ4v) is 3.54. The largest absolute Gasteiger partial charge is 0.493 e. The van der Waals surface area contributed by atoms with E-state index in [1.807, 2.05) is 0 Å². The number of hydrogen-bond acceptors (Lipinski definition) is 6. The van der Waals surface area contributed by atoms with Crippen LogP contribution in [0.2, 0.25) is 0 Å². The van der Waals surface area contributed by atoms with Crippen molar-refractivity contribution in [2.45, 2.75) is 0 Å². The zero-order valence-corrected chi connectivity index (χ0v) is 19.4. The Morgan fingerprint density at radius 2 is 1.77 bits per heavy atom. The van der Waals surface area contributed by atoms with Crippen LogP contribution in [0.3, 0.4) is 0 Å². The fourth-order valence-electron chi connectivity index (χ4n) is 3.18. The third-order valence-electron chi connectivity index (χ3n) is 4.88. The van der Waals surface area contributed by atoms with Gasteiger partial charge in [0.15, 0.2) is 5.69 Å².